The molecule has 0 saturated carbocycles. The van der Waals surface area contributed by atoms with Gasteiger partial charge in [-0.25, -0.2) is 0 Å². The second kappa shape index (κ2) is 8.97. The van der Waals surface area contributed by atoms with Crippen molar-refractivity contribution in [1.82, 2.24) is 10.2 Å². The second-order valence-electron chi connectivity index (χ2n) is 5.11. The Kier molecular flexibility index (Phi) is 7.81. The van der Waals surface area contributed by atoms with E-state index in [0.717, 1.165) is 18.9 Å². The van der Waals surface area contributed by atoms with Crippen molar-refractivity contribution in [2.24, 2.45) is 5.92 Å². The van der Waals surface area contributed by atoms with Crippen molar-refractivity contribution < 1.29 is 5.11 Å². The van der Waals surface area contributed by atoms with Crippen molar-refractivity contribution in [3.05, 3.63) is 0 Å². The molecule has 1 saturated heterocycles. The third-order valence-corrected chi connectivity index (χ3v) is 3.42. The Morgan fingerprint density at radius 1 is 1.25 bits per heavy atom. The molecular formula is C13H28N2O. The summed E-state index contributed by atoms with van der Waals surface area (Å²) in [6.45, 7) is 5.22. The molecule has 0 aromatic rings. The summed E-state index contributed by atoms with van der Waals surface area (Å²) in [6.07, 6.45) is 7.39. The lowest BCUT2D eigenvalue weighted by Gasteiger charge is -2.29. The van der Waals surface area contributed by atoms with E-state index in [2.05, 4.69) is 17.3 Å². The second-order valence-corrected chi connectivity index (χ2v) is 5.11. The molecule has 16 heavy (non-hydrogen) atoms. The first-order valence-corrected chi connectivity index (χ1v) is 6.83. The fourth-order valence-electron chi connectivity index (χ4n) is 2.46. The van der Waals surface area contributed by atoms with Crippen LogP contribution in [0, 0.1) is 5.92 Å². The molecule has 0 spiro atoms. The summed E-state index contributed by atoms with van der Waals surface area (Å²) in [5.74, 6) is 0.858. The first-order chi connectivity index (χ1) is 7.83. The zero-order valence-electron chi connectivity index (χ0n) is 10.7. The summed E-state index contributed by atoms with van der Waals surface area (Å²) in [5.41, 5.74) is 0. The zero-order valence-corrected chi connectivity index (χ0v) is 10.7. The van der Waals surface area contributed by atoms with Crippen LogP contribution >= 0.6 is 0 Å². The van der Waals surface area contributed by atoms with Crippen LogP contribution in [0.1, 0.15) is 38.5 Å². The number of aliphatic hydroxyl groups is 1. The average Bonchev–Trinajstić information content (AvgIpc) is 2.28. The first-order valence-electron chi connectivity index (χ1n) is 6.83. The maximum Gasteiger partial charge on any atom is 0.0431 e. The van der Waals surface area contributed by atoms with Crippen LogP contribution in [0.5, 0.6) is 0 Å². The number of nitrogens with one attached hydrogen (secondary N) is 1. The van der Waals surface area contributed by atoms with Gasteiger partial charge in [0.25, 0.3) is 0 Å². The molecule has 0 radical (unpaired) electrons. The average molecular weight is 228 g/mol. The summed E-state index contributed by atoms with van der Waals surface area (Å²) in [5, 5.41) is 12.2. The maximum atomic E-state index is 8.64. The van der Waals surface area contributed by atoms with E-state index in [4.69, 9.17) is 5.11 Å². The first kappa shape index (κ1) is 13.9. The standard InChI is InChI=1S/C13H28N2O/c1-15-9-6-7-13(12-15)11-14-8-4-2-3-5-10-16/h13-14,16H,2-12H2,1H3. The number of hydrogen-bond acceptors (Lipinski definition) is 3. The van der Waals surface area contributed by atoms with E-state index in [0.29, 0.717) is 6.61 Å². The quantitative estimate of drug-likeness (QED) is 0.618. The third-order valence-electron chi connectivity index (χ3n) is 3.42. The monoisotopic (exact) mass is 228 g/mol. The fourth-order valence-corrected chi connectivity index (χ4v) is 2.46. The van der Waals surface area contributed by atoms with Gasteiger partial charge < -0.3 is 15.3 Å². The fraction of sp³-hybridized carbons (Fsp3) is 1.00. The lowest BCUT2D eigenvalue weighted by molar-refractivity contribution is 0.206. The van der Waals surface area contributed by atoms with E-state index in [1.165, 1.54) is 51.7 Å². The molecule has 96 valence electrons. The Morgan fingerprint density at radius 3 is 2.81 bits per heavy atom. The molecule has 3 heteroatoms. The van der Waals surface area contributed by atoms with Crippen LogP contribution in [0.2, 0.25) is 0 Å². The topological polar surface area (TPSA) is 35.5 Å². The third kappa shape index (κ3) is 6.46. The largest absolute Gasteiger partial charge is 0.396 e. The van der Waals surface area contributed by atoms with Gasteiger partial charge in [0.1, 0.15) is 0 Å². The van der Waals surface area contributed by atoms with Gasteiger partial charge in [-0.15, -0.1) is 0 Å². The van der Waals surface area contributed by atoms with Crippen molar-refractivity contribution >= 4 is 0 Å². The molecule has 1 aliphatic heterocycles. The zero-order chi connectivity index (χ0) is 11.6. The smallest absolute Gasteiger partial charge is 0.0431 e. The number of piperidine rings is 1. The molecule has 1 unspecified atom stereocenters. The van der Waals surface area contributed by atoms with E-state index < -0.39 is 0 Å². The van der Waals surface area contributed by atoms with Crippen LogP contribution in [0.3, 0.4) is 0 Å². The molecule has 1 rings (SSSR count). The van der Waals surface area contributed by atoms with Gasteiger partial charge in [0.15, 0.2) is 0 Å². The highest BCUT2D eigenvalue weighted by Gasteiger charge is 2.15. The van der Waals surface area contributed by atoms with Gasteiger partial charge >= 0.3 is 0 Å². The molecule has 3 nitrogen and oxygen atoms in total. The van der Waals surface area contributed by atoms with E-state index in [1.807, 2.05) is 0 Å². The van der Waals surface area contributed by atoms with E-state index >= 15 is 0 Å². The van der Waals surface area contributed by atoms with Crippen LogP contribution in [0.15, 0.2) is 0 Å². The Balaban J connectivity index is 1.86. The summed E-state index contributed by atoms with van der Waals surface area (Å²) in [6, 6.07) is 0. The van der Waals surface area contributed by atoms with Gasteiger partial charge in [0, 0.05) is 13.2 Å². The van der Waals surface area contributed by atoms with Crippen molar-refractivity contribution in [1.29, 1.82) is 0 Å². The molecule has 0 amide bonds. The molecule has 0 aliphatic carbocycles. The number of rotatable bonds is 8. The molecule has 0 aromatic heterocycles. The number of nitrogens with zero attached hydrogens (tertiary/aromatic N) is 1. The number of unbranched alkanes of at least 4 members (excludes halogenated alkanes) is 3. The highest BCUT2D eigenvalue weighted by atomic mass is 16.2. The normalized spacial score (nSPS) is 22.5. The summed E-state index contributed by atoms with van der Waals surface area (Å²) in [4.78, 5) is 2.44. The SMILES string of the molecule is CN1CCCC(CNCCCCCCO)C1. The minimum Gasteiger partial charge on any atom is -0.396 e. The van der Waals surface area contributed by atoms with Gasteiger partial charge in [-0.05, 0) is 58.3 Å². The number of aliphatic hydroxyl groups excluding tert-OH is 1. The Bertz CT molecular complexity index is 164. The van der Waals surface area contributed by atoms with Crippen LogP contribution in [0.4, 0.5) is 0 Å². The summed E-state index contributed by atoms with van der Waals surface area (Å²) < 4.78 is 0. The van der Waals surface area contributed by atoms with Gasteiger partial charge in [0.05, 0.1) is 0 Å². The van der Waals surface area contributed by atoms with E-state index in [1.54, 1.807) is 0 Å². The lowest BCUT2D eigenvalue weighted by atomic mass is 9.98. The van der Waals surface area contributed by atoms with Crippen molar-refractivity contribution in [3.8, 4) is 0 Å². The van der Waals surface area contributed by atoms with Crippen LogP contribution in [0.25, 0.3) is 0 Å². The minimum absolute atomic E-state index is 0.349. The number of likely N-dealkylation sites (tertiary alicyclic amines) is 1. The highest BCUT2D eigenvalue weighted by molar-refractivity contribution is 4.72. The van der Waals surface area contributed by atoms with Gasteiger partial charge in [-0.2, -0.15) is 0 Å². The molecular weight excluding hydrogens is 200 g/mol. The minimum atomic E-state index is 0.349. The molecule has 0 bridgehead atoms. The molecule has 1 heterocycles. The molecule has 2 N–H and O–H groups in total. The maximum absolute atomic E-state index is 8.64. The molecule has 1 aliphatic rings. The van der Waals surface area contributed by atoms with Crippen LogP contribution in [-0.4, -0.2) is 49.8 Å². The summed E-state index contributed by atoms with van der Waals surface area (Å²) >= 11 is 0. The Labute approximate surface area is 100 Å². The lowest BCUT2D eigenvalue weighted by Crippen LogP contribution is -2.37. The van der Waals surface area contributed by atoms with E-state index in [-0.39, 0.29) is 0 Å². The van der Waals surface area contributed by atoms with Gasteiger partial charge in [-0.1, -0.05) is 12.8 Å². The van der Waals surface area contributed by atoms with Crippen LogP contribution in [-0.2, 0) is 0 Å². The van der Waals surface area contributed by atoms with Gasteiger partial charge in [-0.3, -0.25) is 0 Å². The Morgan fingerprint density at radius 2 is 2.06 bits per heavy atom. The van der Waals surface area contributed by atoms with Crippen LogP contribution < -0.4 is 5.32 Å². The molecule has 1 fully saturated rings. The Hall–Kier alpha value is -0.120. The predicted octanol–water partition coefficient (Wildman–Crippen LogP) is 1.47. The van der Waals surface area contributed by atoms with E-state index in [9.17, 15) is 0 Å². The number of hydrogen-bond donors (Lipinski definition) is 2. The molecule has 0 aromatic carbocycles. The van der Waals surface area contributed by atoms with Crippen molar-refractivity contribution in [2.45, 2.75) is 38.5 Å². The highest BCUT2D eigenvalue weighted by Crippen LogP contribution is 2.13. The van der Waals surface area contributed by atoms with Crippen molar-refractivity contribution in [3.63, 3.8) is 0 Å². The predicted molar refractivity (Wildman–Crippen MR) is 68.6 cm³/mol. The molecule has 1 atom stereocenters. The van der Waals surface area contributed by atoms with Crippen molar-refractivity contribution in [2.75, 3.05) is 39.8 Å². The van der Waals surface area contributed by atoms with Gasteiger partial charge in [0.2, 0.25) is 0 Å². The summed E-state index contributed by atoms with van der Waals surface area (Å²) in [7, 11) is 2.22.